The van der Waals surface area contributed by atoms with Gasteiger partial charge in [0, 0.05) is 29.8 Å². The molecule has 0 spiro atoms. The summed E-state index contributed by atoms with van der Waals surface area (Å²) in [5.74, 6) is -2.48. The van der Waals surface area contributed by atoms with E-state index in [1.54, 1.807) is 16.2 Å². The number of primary amides is 1. The smallest absolute Gasteiger partial charge is 0.293 e. The Kier molecular flexibility index (Phi) is 5.66. The summed E-state index contributed by atoms with van der Waals surface area (Å²) in [6, 6.07) is 4.54. The van der Waals surface area contributed by atoms with Crippen LogP contribution in [0, 0.1) is 11.6 Å². The summed E-state index contributed by atoms with van der Waals surface area (Å²) in [7, 11) is 0. The van der Waals surface area contributed by atoms with Gasteiger partial charge in [-0.25, -0.2) is 19.2 Å². The van der Waals surface area contributed by atoms with Gasteiger partial charge in [0.05, 0.1) is 24.3 Å². The first-order valence-corrected chi connectivity index (χ1v) is 9.77. The number of benzene rings is 1. The van der Waals surface area contributed by atoms with Crippen LogP contribution < -0.4 is 11.2 Å². The van der Waals surface area contributed by atoms with Crippen LogP contribution in [0.1, 0.15) is 34.5 Å². The average molecular weight is 429 g/mol. The van der Waals surface area contributed by atoms with Crippen molar-refractivity contribution in [3.05, 3.63) is 65.1 Å². The number of hydroxylamine groups is 1. The van der Waals surface area contributed by atoms with Crippen molar-refractivity contribution in [3.8, 4) is 0 Å². The Bertz CT molecular complexity index is 1160. The molecule has 0 radical (unpaired) electrons. The summed E-state index contributed by atoms with van der Waals surface area (Å²) >= 11 is 0. The lowest BCUT2D eigenvalue weighted by Crippen LogP contribution is -2.39. The largest absolute Gasteiger partial charge is 0.368 e. The maximum Gasteiger partial charge on any atom is 0.293 e. The number of carbonyl (C=O) groups is 2. The molecule has 4 rings (SSSR count). The van der Waals surface area contributed by atoms with Crippen molar-refractivity contribution in [3.63, 3.8) is 0 Å². The standard InChI is InChI=1S/C21H21F2N5O3/c22-14-4-3-12(16(23)6-14)9-28-11-13(10-27-5-1-2-18(27)20(24)29)15-7-17(21(30)26-31)25-8-19(15)28/h3-4,6-8,11,18,31H,1-2,5,9-10H2,(H2,24,29)(H,26,30)/t18-/m0/s1. The second kappa shape index (κ2) is 8.40. The number of halogens is 2. The van der Waals surface area contributed by atoms with E-state index in [9.17, 15) is 18.4 Å². The number of amides is 2. The zero-order valence-corrected chi connectivity index (χ0v) is 16.5. The van der Waals surface area contributed by atoms with E-state index in [4.69, 9.17) is 10.9 Å². The maximum absolute atomic E-state index is 14.2. The summed E-state index contributed by atoms with van der Waals surface area (Å²) in [4.78, 5) is 29.6. The minimum atomic E-state index is -0.763. The highest BCUT2D eigenvalue weighted by molar-refractivity contribution is 5.96. The number of nitrogens with one attached hydrogen (secondary N) is 1. The summed E-state index contributed by atoms with van der Waals surface area (Å²) in [5.41, 5.74) is 8.80. The molecular formula is C21H21F2N5O3. The summed E-state index contributed by atoms with van der Waals surface area (Å²) in [6.45, 7) is 1.21. The van der Waals surface area contributed by atoms with E-state index in [1.807, 2.05) is 4.90 Å². The molecule has 162 valence electrons. The molecule has 31 heavy (non-hydrogen) atoms. The van der Waals surface area contributed by atoms with E-state index < -0.39 is 23.4 Å². The molecule has 0 aliphatic carbocycles. The van der Waals surface area contributed by atoms with E-state index >= 15 is 0 Å². The third-order valence-electron chi connectivity index (χ3n) is 5.61. The van der Waals surface area contributed by atoms with E-state index in [0.29, 0.717) is 36.0 Å². The molecule has 8 nitrogen and oxygen atoms in total. The third kappa shape index (κ3) is 4.12. The summed E-state index contributed by atoms with van der Waals surface area (Å²) in [5, 5.41) is 9.60. The molecule has 1 aliphatic rings. The van der Waals surface area contributed by atoms with Crippen LogP contribution in [0.15, 0.2) is 36.7 Å². The number of rotatable bonds is 6. The number of hydrogen-bond donors (Lipinski definition) is 3. The van der Waals surface area contributed by atoms with Gasteiger partial charge in [-0.2, -0.15) is 0 Å². The molecule has 1 fully saturated rings. The number of pyridine rings is 1. The number of nitrogens with zero attached hydrogens (tertiary/aromatic N) is 3. The highest BCUT2D eigenvalue weighted by atomic mass is 19.1. The molecule has 1 aliphatic heterocycles. The highest BCUT2D eigenvalue weighted by Gasteiger charge is 2.29. The van der Waals surface area contributed by atoms with Crippen molar-refractivity contribution in [2.24, 2.45) is 5.73 Å². The van der Waals surface area contributed by atoms with Gasteiger partial charge in [0.2, 0.25) is 5.91 Å². The van der Waals surface area contributed by atoms with Crippen LogP contribution in [-0.2, 0) is 17.9 Å². The van der Waals surface area contributed by atoms with E-state index in [2.05, 4.69) is 4.98 Å². The van der Waals surface area contributed by atoms with Gasteiger partial charge in [0.1, 0.15) is 17.3 Å². The van der Waals surface area contributed by atoms with E-state index in [-0.39, 0.29) is 18.3 Å². The number of hydrogen-bond acceptors (Lipinski definition) is 5. The Morgan fingerprint density at radius 2 is 2.03 bits per heavy atom. The van der Waals surface area contributed by atoms with Crippen LogP contribution in [-0.4, -0.2) is 44.1 Å². The predicted octanol–water partition coefficient (Wildman–Crippen LogP) is 1.93. The molecule has 0 saturated carbocycles. The third-order valence-corrected chi connectivity index (χ3v) is 5.61. The van der Waals surface area contributed by atoms with Gasteiger partial charge < -0.3 is 10.3 Å². The van der Waals surface area contributed by atoms with Crippen molar-refractivity contribution in [1.82, 2.24) is 19.9 Å². The second-order valence-corrected chi connectivity index (χ2v) is 7.58. The molecule has 3 heterocycles. The molecule has 2 aromatic heterocycles. The Balaban J connectivity index is 1.76. The lowest BCUT2D eigenvalue weighted by Gasteiger charge is -2.21. The SMILES string of the molecule is NC(=O)[C@@H]1CCCN1Cc1cn(Cc2ccc(F)cc2F)c2cnc(C(=O)NO)cc12. The maximum atomic E-state index is 14.2. The number of aromatic nitrogens is 2. The molecule has 4 N–H and O–H groups in total. The Hall–Kier alpha value is -3.37. The molecule has 1 atom stereocenters. The highest BCUT2D eigenvalue weighted by Crippen LogP contribution is 2.27. The van der Waals surface area contributed by atoms with Gasteiger partial charge in [-0.1, -0.05) is 6.07 Å². The minimum absolute atomic E-state index is 0.00911. The number of likely N-dealkylation sites (tertiary alicyclic amines) is 1. The first-order valence-electron chi connectivity index (χ1n) is 9.77. The molecule has 3 aromatic rings. The van der Waals surface area contributed by atoms with Crippen molar-refractivity contribution in [2.75, 3.05) is 6.54 Å². The average Bonchev–Trinajstić information content (AvgIpc) is 3.34. The summed E-state index contributed by atoms with van der Waals surface area (Å²) < 4.78 is 29.2. The van der Waals surface area contributed by atoms with Crippen LogP contribution in [0.2, 0.25) is 0 Å². The molecule has 10 heteroatoms. The normalized spacial score (nSPS) is 16.7. The quantitative estimate of drug-likeness (QED) is 0.409. The van der Waals surface area contributed by atoms with Crippen molar-refractivity contribution in [1.29, 1.82) is 0 Å². The van der Waals surface area contributed by atoms with Gasteiger partial charge in [-0.15, -0.1) is 0 Å². The van der Waals surface area contributed by atoms with Crippen LogP contribution in [0.3, 0.4) is 0 Å². The van der Waals surface area contributed by atoms with Crippen molar-refractivity contribution >= 4 is 22.7 Å². The van der Waals surface area contributed by atoms with Gasteiger partial charge >= 0.3 is 0 Å². The topological polar surface area (TPSA) is 113 Å². The number of nitrogens with two attached hydrogens (primary N) is 1. The van der Waals surface area contributed by atoms with Gasteiger partial charge in [-0.05, 0) is 37.1 Å². The Morgan fingerprint density at radius 3 is 2.74 bits per heavy atom. The fourth-order valence-corrected chi connectivity index (χ4v) is 4.09. The number of fused-ring (bicyclic) bond motifs is 1. The van der Waals surface area contributed by atoms with Crippen LogP contribution in [0.4, 0.5) is 8.78 Å². The van der Waals surface area contributed by atoms with Gasteiger partial charge in [0.25, 0.3) is 5.91 Å². The van der Waals surface area contributed by atoms with E-state index in [0.717, 1.165) is 18.1 Å². The van der Waals surface area contributed by atoms with Crippen LogP contribution in [0.25, 0.3) is 10.9 Å². The van der Waals surface area contributed by atoms with Crippen LogP contribution in [0.5, 0.6) is 0 Å². The molecule has 1 aromatic carbocycles. The van der Waals surface area contributed by atoms with Crippen molar-refractivity contribution < 1.29 is 23.6 Å². The molecule has 0 unspecified atom stereocenters. The fraction of sp³-hybridized carbons (Fsp3) is 0.286. The monoisotopic (exact) mass is 429 g/mol. The lowest BCUT2D eigenvalue weighted by molar-refractivity contribution is -0.122. The first-order chi connectivity index (χ1) is 14.9. The Labute approximate surface area is 176 Å². The zero-order valence-electron chi connectivity index (χ0n) is 16.5. The van der Waals surface area contributed by atoms with Gasteiger partial charge in [0.15, 0.2) is 0 Å². The summed E-state index contributed by atoms with van der Waals surface area (Å²) in [6.07, 6.45) is 4.77. The van der Waals surface area contributed by atoms with Crippen molar-refractivity contribution in [2.45, 2.75) is 32.0 Å². The molecule has 0 bridgehead atoms. The van der Waals surface area contributed by atoms with Gasteiger partial charge in [-0.3, -0.25) is 19.7 Å². The van der Waals surface area contributed by atoms with Crippen LogP contribution >= 0.6 is 0 Å². The minimum Gasteiger partial charge on any atom is -0.368 e. The predicted molar refractivity (Wildman–Crippen MR) is 107 cm³/mol. The molecule has 1 saturated heterocycles. The molecule has 2 amide bonds. The molecular weight excluding hydrogens is 408 g/mol. The first kappa shape index (κ1) is 20.9. The number of carbonyl (C=O) groups excluding carboxylic acids is 2. The zero-order chi connectivity index (χ0) is 22.1. The lowest BCUT2D eigenvalue weighted by atomic mass is 10.1. The fourth-order valence-electron chi connectivity index (χ4n) is 4.09. The Morgan fingerprint density at radius 1 is 1.23 bits per heavy atom. The second-order valence-electron chi connectivity index (χ2n) is 7.58. The van der Waals surface area contributed by atoms with E-state index in [1.165, 1.54) is 24.4 Å².